The maximum Gasteiger partial charge on any atom is 0.253 e. The highest BCUT2D eigenvalue weighted by Crippen LogP contribution is 2.47. The van der Waals surface area contributed by atoms with Crippen LogP contribution in [0.5, 0.6) is 0 Å². The van der Waals surface area contributed by atoms with Crippen molar-refractivity contribution >= 4 is 29.3 Å². The van der Waals surface area contributed by atoms with Crippen molar-refractivity contribution in [2.45, 2.75) is 24.6 Å². The molecule has 0 saturated carbocycles. The first-order valence-electron chi connectivity index (χ1n) is 9.07. The fourth-order valence-electron chi connectivity index (χ4n) is 3.90. The van der Waals surface area contributed by atoms with Crippen LogP contribution in [0.1, 0.15) is 28.8 Å². The Morgan fingerprint density at radius 3 is 2.48 bits per heavy atom. The van der Waals surface area contributed by atoms with Crippen LogP contribution in [-0.2, 0) is 4.79 Å². The first-order valence-corrected chi connectivity index (χ1v) is 10.1. The quantitative estimate of drug-likeness (QED) is 0.790. The van der Waals surface area contributed by atoms with E-state index in [2.05, 4.69) is 0 Å². The molecule has 0 radical (unpaired) electrons. The highest BCUT2D eigenvalue weighted by molar-refractivity contribution is 8.02. The molecule has 2 heterocycles. The lowest BCUT2D eigenvalue weighted by Gasteiger charge is -2.44. The number of carbonyl (C=O) groups is 2. The van der Waals surface area contributed by atoms with Gasteiger partial charge in [-0.15, -0.1) is 11.8 Å². The monoisotopic (exact) mass is 384 g/mol. The molecule has 0 N–H and O–H groups in total. The normalized spacial score (nSPS) is 19.0. The van der Waals surface area contributed by atoms with Crippen LogP contribution < -0.4 is 4.90 Å². The van der Waals surface area contributed by atoms with Crippen molar-refractivity contribution in [2.75, 3.05) is 23.7 Å². The summed E-state index contributed by atoms with van der Waals surface area (Å²) in [5.41, 5.74) is 2.55. The lowest BCUT2D eigenvalue weighted by atomic mass is 10.00. The van der Waals surface area contributed by atoms with Gasteiger partial charge in [-0.1, -0.05) is 12.1 Å². The third-order valence-electron chi connectivity index (χ3n) is 5.30. The molecule has 2 fully saturated rings. The highest BCUT2D eigenvalue weighted by Gasteiger charge is 2.49. The Bertz CT molecular complexity index is 876. The molecule has 2 aromatic carbocycles. The number of anilines is 1. The van der Waals surface area contributed by atoms with E-state index in [0.29, 0.717) is 24.4 Å². The molecule has 0 aromatic heterocycles. The highest BCUT2D eigenvalue weighted by atomic mass is 32.2. The van der Waals surface area contributed by atoms with Gasteiger partial charge in [0.25, 0.3) is 5.91 Å². The van der Waals surface area contributed by atoms with E-state index in [-0.39, 0.29) is 22.5 Å². The van der Waals surface area contributed by atoms with E-state index < -0.39 is 0 Å². The molecule has 4 rings (SSSR count). The average Bonchev–Trinajstić information content (AvgIpc) is 2.98. The van der Waals surface area contributed by atoms with Crippen molar-refractivity contribution in [3.8, 4) is 0 Å². The summed E-state index contributed by atoms with van der Waals surface area (Å²) in [5, 5.41) is 0. The second-order valence-corrected chi connectivity index (χ2v) is 8.44. The Morgan fingerprint density at radius 1 is 1.11 bits per heavy atom. The van der Waals surface area contributed by atoms with Gasteiger partial charge in [-0.25, -0.2) is 4.39 Å². The number of piperidine rings is 1. The van der Waals surface area contributed by atoms with Crippen LogP contribution in [-0.4, -0.2) is 40.4 Å². The molecule has 0 atom stereocenters. The summed E-state index contributed by atoms with van der Waals surface area (Å²) < 4.78 is 13.1. The molecule has 4 nitrogen and oxygen atoms in total. The molecular weight excluding hydrogens is 363 g/mol. The largest absolute Gasteiger partial charge is 0.338 e. The van der Waals surface area contributed by atoms with Crippen molar-refractivity contribution < 1.29 is 14.0 Å². The van der Waals surface area contributed by atoms with Crippen LogP contribution in [0, 0.1) is 12.7 Å². The molecule has 0 aliphatic carbocycles. The number of hydrogen-bond donors (Lipinski definition) is 0. The summed E-state index contributed by atoms with van der Waals surface area (Å²) in [5.74, 6) is 0.170. The number of carbonyl (C=O) groups excluding carboxylic acids is 2. The van der Waals surface area contributed by atoms with Gasteiger partial charge >= 0.3 is 0 Å². The molecular formula is C21H21FN2O2S. The Balaban J connectivity index is 1.52. The number of halogens is 1. The summed E-state index contributed by atoms with van der Waals surface area (Å²) in [6.45, 7) is 3.19. The molecule has 2 aromatic rings. The van der Waals surface area contributed by atoms with E-state index in [1.807, 2.05) is 36.1 Å². The minimum absolute atomic E-state index is 0.0821. The predicted molar refractivity (Wildman–Crippen MR) is 105 cm³/mol. The van der Waals surface area contributed by atoms with E-state index in [9.17, 15) is 14.0 Å². The fourth-order valence-corrected chi connectivity index (χ4v) is 5.23. The summed E-state index contributed by atoms with van der Waals surface area (Å²) in [4.78, 5) is 28.8. The third kappa shape index (κ3) is 3.34. The van der Waals surface area contributed by atoms with Crippen molar-refractivity contribution in [3.05, 3.63) is 65.5 Å². The zero-order chi connectivity index (χ0) is 19.0. The molecule has 27 heavy (non-hydrogen) atoms. The van der Waals surface area contributed by atoms with Crippen LogP contribution >= 0.6 is 11.8 Å². The van der Waals surface area contributed by atoms with E-state index >= 15 is 0 Å². The van der Waals surface area contributed by atoms with Gasteiger partial charge in [0.05, 0.1) is 10.6 Å². The molecule has 2 saturated heterocycles. The van der Waals surface area contributed by atoms with E-state index in [1.54, 1.807) is 16.7 Å². The number of benzene rings is 2. The van der Waals surface area contributed by atoms with Crippen LogP contribution in [0.3, 0.4) is 0 Å². The molecule has 2 amide bonds. The SMILES string of the molecule is Cc1cccc(N2C(=O)CSC23CCN(C(=O)c2ccc(F)cc2)CC3)c1. The Kier molecular flexibility index (Phi) is 4.68. The van der Waals surface area contributed by atoms with Gasteiger partial charge in [-0.05, 0) is 61.7 Å². The maximum absolute atomic E-state index is 13.1. The Morgan fingerprint density at radius 2 is 1.81 bits per heavy atom. The fraction of sp³-hybridized carbons (Fsp3) is 0.333. The van der Waals surface area contributed by atoms with Gasteiger partial charge in [0, 0.05) is 24.3 Å². The maximum atomic E-state index is 13.1. The second-order valence-electron chi connectivity index (χ2n) is 7.10. The summed E-state index contributed by atoms with van der Waals surface area (Å²) in [6, 6.07) is 13.7. The van der Waals surface area contributed by atoms with Gasteiger partial charge in [-0.2, -0.15) is 0 Å². The number of nitrogens with zero attached hydrogens (tertiary/aromatic N) is 2. The molecule has 0 unspecified atom stereocenters. The standard InChI is InChI=1S/C21H21FN2O2S/c1-15-3-2-4-18(13-15)24-19(25)14-27-21(24)9-11-23(12-10-21)20(26)16-5-7-17(22)8-6-16/h2-8,13H,9-12,14H2,1H3. The lowest BCUT2D eigenvalue weighted by Crippen LogP contribution is -2.53. The van der Waals surface area contributed by atoms with Crippen molar-refractivity contribution in [1.29, 1.82) is 0 Å². The van der Waals surface area contributed by atoms with E-state index in [0.717, 1.165) is 24.1 Å². The molecule has 6 heteroatoms. The van der Waals surface area contributed by atoms with E-state index in [4.69, 9.17) is 0 Å². The molecule has 1 spiro atoms. The number of amides is 2. The first kappa shape index (κ1) is 18.0. The topological polar surface area (TPSA) is 40.6 Å². The predicted octanol–water partition coefficient (Wildman–Crippen LogP) is 3.85. The first-order chi connectivity index (χ1) is 13.0. The number of hydrogen-bond acceptors (Lipinski definition) is 3. The van der Waals surface area contributed by atoms with Gasteiger partial charge < -0.3 is 4.90 Å². The van der Waals surface area contributed by atoms with Crippen LogP contribution in [0.25, 0.3) is 0 Å². The Hall–Kier alpha value is -2.34. The lowest BCUT2D eigenvalue weighted by molar-refractivity contribution is -0.116. The van der Waals surface area contributed by atoms with Gasteiger partial charge in [0.2, 0.25) is 5.91 Å². The summed E-state index contributed by atoms with van der Waals surface area (Å²) in [6.07, 6.45) is 1.45. The number of thioether (sulfide) groups is 1. The zero-order valence-electron chi connectivity index (χ0n) is 15.2. The minimum Gasteiger partial charge on any atom is -0.338 e. The van der Waals surface area contributed by atoms with Crippen molar-refractivity contribution in [3.63, 3.8) is 0 Å². The number of rotatable bonds is 2. The van der Waals surface area contributed by atoms with Gasteiger partial charge in [-0.3, -0.25) is 14.5 Å². The third-order valence-corrected chi connectivity index (χ3v) is 6.82. The van der Waals surface area contributed by atoms with Crippen molar-refractivity contribution in [1.82, 2.24) is 4.90 Å². The van der Waals surface area contributed by atoms with Gasteiger partial charge in [0.15, 0.2) is 0 Å². The molecule has 140 valence electrons. The van der Waals surface area contributed by atoms with Crippen LogP contribution in [0.15, 0.2) is 48.5 Å². The van der Waals surface area contributed by atoms with Gasteiger partial charge in [0.1, 0.15) is 5.82 Å². The molecule has 2 aliphatic rings. The molecule has 0 bridgehead atoms. The zero-order valence-corrected chi connectivity index (χ0v) is 16.0. The number of aryl methyl sites for hydroxylation is 1. The smallest absolute Gasteiger partial charge is 0.253 e. The number of likely N-dealkylation sites (tertiary alicyclic amines) is 1. The Labute approximate surface area is 162 Å². The average molecular weight is 384 g/mol. The summed E-state index contributed by atoms with van der Waals surface area (Å²) >= 11 is 1.68. The second kappa shape index (κ2) is 7.00. The van der Waals surface area contributed by atoms with Crippen LogP contribution in [0.4, 0.5) is 10.1 Å². The van der Waals surface area contributed by atoms with Crippen LogP contribution in [0.2, 0.25) is 0 Å². The summed E-state index contributed by atoms with van der Waals surface area (Å²) in [7, 11) is 0. The van der Waals surface area contributed by atoms with Crippen molar-refractivity contribution in [2.24, 2.45) is 0 Å². The molecule has 2 aliphatic heterocycles. The minimum atomic E-state index is -0.348. The van der Waals surface area contributed by atoms with E-state index in [1.165, 1.54) is 24.3 Å².